The first-order valence-electron chi connectivity index (χ1n) is 44.1. The third kappa shape index (κ3) is 47.0. The number of halogens is 10. The van der Waals surface area contributed by atoms with E-state index in [4.69, 9.17) is 102 Å². The molecule has 0 fully saturated rings. The van der Waals surface area contributed by atoms with Gasteiger partial charge in [-0.05, 0) is 209 Å². The Balaban J connectivity index is 0.000000301. The maximum Gasteiger partial charge on any atom is 0.523 e. The molecule has 13 aromatic carbocycles. The highest BCUT2D eigenvalue weighted by molar-refractivity contribution is 9.10. The van der Waals surface area contributed by atoms with Crippen LogP contribution in [0.5, 0.6) is 0 Å². The standard InChI is InChI=1S/C26H25ClO4.C22H19ClO3.C19H19ClO4.C15H13ClO3.C9H9BrO3.C7H7Br.C6H6BClO2.C5H7F3O4S.CH4/c1-18(28)19(2)31-25(26(29)30-17-21-7-4-3-5-8-21)15-20-11-13-22(14-12-20)23-9-6-10-24(27)16-23;23-20-8-4-7-19(14-20)18-11-9-16(10-12-18)13-21(24)22(25)26-15-17-5-2-1-3-6-17;1-12(21)13(2)24-18(19(22)23)10-14-6-8-15(9-7-14)16-4-3-5-17(20)11-16;16-13-3-1-2-12(9-13)11-6-4-10(5-7-11)8-14(17)15(18)19;10-7-3-1-6(2-4-7)5-8(11)9(12)13;8-6-7-4-2-1-3-5-7;8-6-3-1-2-5(4-6)7(9)10;1-3(9)4(2)12-13(10,11)5(6,7)8;/h3-14,16,19,25H,15,17H2,1-2H3;1-12,14,21,24H,13,15H2;3-9,11,13,18H,10H2,1-2H3,(H,22,23);1-7,9,14,17H,8H2,(H,18,19);1-4,8,11H,5H2,(H,12,13);1-5H,6H2;1-4,9-10H;4H,1-2H3;1H4/t19-,25-;21-;13-,18-;14-;8-;;;4-;/m00000..1./s1. The molecule has 0 aliphatic heterocycles. The number of rotatable bonds is 34. The number of aliphatic hydroxyl groups is 3. The number of Topliss-reactive ketones (excluding diaryl/α,β-unsaturated/α-hetero) is 3. The molecule has 766 valence electrons. The normalized spacial score (nSPS) is 12.3. The fourth-order valence-corrected chi connectivity index (χ4v) is 14.5. The van der Waals surface area contributed by atoms with Crippen LogP contribution in [0.15, 0.2) is 338 Å². The van der Waals surface area contributed by atoms with Gasteiger partial charge in [0.15, 0.2) is 47.9 Å². The van der Waals surface area contributed by atoms with Crippen molar-refractivity contribution in [2.45, 2.75) is 154 Å². The first kappa shape index (κ1) is 124. The van der Waals surface area contributed by atoms with Crippen molar-refractivity contribution in [1.29, 1.82) is 0 Å². The Morgan fingerprint density at radius 2 is 0.628 bits per heavy atom. The maximum absolute atomic E-state index is 12.7. The second kappa shape index (κ2) is 64.2. The van der Waals surface area contributed by atoms with E-state index < -0.39 is 107 Å². The number of esters is 2. The third-order valence-corrected chi connectivity index (χ3v) is 23.9. The van der Waals surface area contributed by atoms with Gasteiger partial charge in [0, 0.05) is 67.0 Å². The van der Waals surface area contributed by atoms with Crippen LogP contribution in [0.1, 0.15) is 93.5 Å². The molecule has 0 bridgehead atoms. The highest BCUT2D eigenvalue weighted by Gasteiger charge is 2.48. The number of ketones is 3. The lowest BCUT2D eigenvalue weighted by Crippen LogP contribution is -2.34. The summed E-state index contributed by atoms with van der Waals surface area (Å²) in [4.78, 5) is 90.2. The number of carbonyl (C=O) groups excluding carboxylic acids is 5. The van der Waals surface area contributed by atoms with Gasteiger partial charge >= 0.3 is 52.6 Å². The van der Waals surface area contributed by atoms with Crippen molar-refractivity contribution < 1.29 is 124 Å². The number of benzene rings is 13. The predicted molar refractivity (Wildman–Crippen MR) is 567 cm³/mol. The van der Waals surface area contributed by atoms with Gasteiger partial charge in [0.25, 0.3) is 0 Å². The van der Waals surface area contributed by atoms with Crippen LogP contribution >= 0.6 is 89.9 Å². The highest BCUT2D eigenvalue weighted by atomic mass is 79.9. The van der Waals surface area contributed by atoms with Crippen LogP contribution in [0.25, 0.3) is 44.5 Å². The van der Waals surface area contributed by atoms with Gasteiger partial charge in [-0.15, -0.1) is 0 Å². The molecule has 0 aromatic heterocycles. The van der Waals surface area contributed by atoms with Gasteiger partial charge in [-0.1, -0.05) is 358 Å². The van der Waals surface area contributed by atoms with Crippen LogP contribution in [0, 0.1) is 0 Å². The number of carboxylic acid groups (broad SMARTS) is 3. The zero-order valence-corrected chi connectivity index (χ0v) is 86.3. The molecule has 8 N–H and O–H groups in total. The van der Waals surface area contributed by atoms with E-state index in [-0.39, 0.29) is 57.9 Å². The van der Waals surface area contributed by atoms with Crippen molar-refractivity contribution in [3.8, 4) is 44.5 Å². The SMILES string of the molecule is BrCc1ccccc1.C.CC(=O)[C@@H](C)OS(=O)(=O)C(F)(F)F.CC(=O)[C@H](C)O[C@@H](Cc1ccc(-c2cccc(Cl)c2)cc1)C(=O)O.CC(=O)[C@H](C)O[C@@H](Cc1ccc(-c2cccc(Cl)c2)cc1)C(=O)OCc1ccccc1.O=C(O)[C@@H](O)Cc1ccc(-c2cccc(Cl)c2)cc1.O=C(O)[C@@H](O)Cc1ccc(Br)cc1.O=C(OCc1ccccc1)[C@@H](O)Cc1ccc(-c2cccc(Cl)c2)cc1.OB(O)c1cccc(Cl)c1. The van der Waals surface area contributed by atoms with Gasteiger partial charge in [-0.3, -0.25) is 18.6 Å². The molecule has 13 aromatic rings. The van der Waals surface area contributed by atoms with Crippen molar-refractivity contribution in [1.82, 2.24) is 0 Å². The molecular weight excluding hydrogens is 2130 g/mol. The van der Waals surface area contributed by atoms with Crippen LogP contribution in [0.4, 0.5) is 13.2 Å². The highest BCUT2D eigenvalue weighted by Crippen LogP contribution is 2.31. The Morgan fingerprint density at radius 3 is 0.903 bits per heavy atom. The second-order valence-electron chi connectivity index (χ2n) is 31.8. The summed E-state index contributed by atoms with van der Waals surface area (Å²) in [5, 5.41) is 76.2. The second-order valence-corrected chi connectivity index (χ2v) is 37.0. The van der Waals surface area contributed by atoms with E-state index in [0.29, 0.717) is 37.0 Å². The molecule has 0 spiro atoms. The summed E-state index contributed by atoms with van der Waals surface area (Å²) in [5.41, 5.74) is 10.3. The summed E-state index contributed by atoms with van der Waals surface area (Å²) in [6, 6.07) is 103. The fraction of sp³-hybridized carbons (Fsp3) is 0.218. The fourth-order valence-electron chi connectivity index (χ4n) is 12.2. The number of hydrogen-bond donors (Lipinski definition) is 8. The molecule has 35 heteroatoms. The average Bonchev–Trinajstić information content (AvgIpc) is 0.833. The average molecular weight is 2240 g/mol. The van der Waals surface area contributed by atoms with Gasteiger partial charge in [-0.25, -0.2) is 24.0 Å². The first-order valence-corrected chi connectivity index (χ1v) is 49.3. The molecule has 0 heterocycles. The monoisotopic (exact) mass is 2230 g/mol. The molecule has 0 unspecified atom stereocenters. The van der Waals surface area contributed by atoms with Gasteiger partial charge in [-0.2, -0.15) is 21.6 Å². The summed E-state index contributed by atoms with van der Waals surface area (Å²) < 4.78 is 81.6. The summed E-state index contributed by atoms with van der Waals surface area (Å²) in [7, 11) is -7.09. The lowest BCUT2D eigenvalue weighted by atomic mass is 9.81. The van der Waals surface area contributed by atoms with E-state index in [0.717, 1.165) is 107 Å². The number of hydrogen-bond acceptors (Lipinski definition) is 20. The van der Waals surface area contributed by atoms with E-state index in [9.17, 15) is 75.3 Å². The molecule has 23 nitrogen and oxygen atoms in total. The van der Waals surface area contributed by atoms with E-state index in [1.807, 2.05) is 285 Å². The molecule has 0 radical (unpaired) electrons. The Bertz CT molecular complexity index is 6340. The zero-order valence-electron chi connectivity index (χ0n) is 78.5. The Kier molecular flexibility index (Phi) is 54.7. The number of aliphatic carboxylic acids is 3. The molecule has 0 amide bonds. The van der Waals surface area contributed by atoms with Gasteiger partial charge < -0.3 is 59.6 Å². The summed E-state index contributed by atoms with van der Waals surface area (Å²) in [5.74, 6) is -5.73. The maximum atomic E-state index is 12.7. The van der Waals surface area contributed by atoms with Crippen molar-refractivity contribution in [3.05, 3.63) is 408 Å². The van der Waals surface area contributed by atoms with Crippen molar-refractivity contribution in [3.63, 3.8) is 0 Å². The number of alkyl halides is 4. The van der Waals surface area contributed by atoms with E-state index in [2.05, 4.69) is 48.2 Å². The van der Waals surface area contributed by atoms with Crippen LogP contribution in [0.3, 0.4) is 0 Å². The van der Waals surface area contributed by atoms with Gasteiger partial charge in [0.1, 0.15) is 31.5 Å². The first-order chi connectivity index (χ1) is 68.3. The molecule has 8 atom stereocenters. The molecule has 0 saturated heterocycles. The Morgan fingerprint density at radius 1 is 0.345 bits per heavy atom. The van der Waals surface area contributed by atoms with Crippen molar-refractivity contribution in [2.24, 2.45) is 0 Å². The minimum atomic E-state index is -5.66. The topological polar surface area (TPSA) is 379 Å². The molecular formula is C110H109BBr2Cl5F3O23S. The number of ether oxygens (including phenoxy) is 4. The summed E-state index contributed by atoms with van der Waals surface area (Å²) in [6.07, 6.45) is -7.89. The minimum Gasteiger partial charge on any atom is -0.479 e. The number of carboxylic acids is 3. The van der Waals surface area contributed by atoms with E-state index >= 15 is 0 Å². The van der Waals surface area contributed by atoms with Crippen molar-refractivity contribution in [2.75, 3.05) is 0 Å². The lowest BCUT2D eigenvalue weighted by molar-refractivity contribution is -0.163. The zero-order chi connectivity index (χ0) is 106. The minimum absolute atomic E-state index is 0. The molecule has 145 heavy (non-hydrogen) atoms. The molecule has 0 saturated carbocycles. The van der Waals surface area contributed by atoms with Crippen LogP contribution in [-0.2, 0) is 122 Å². The Hall–Kier alpha value is -11.9. The Labute approximate surface area is 883 Å². The lowest BCUT2D eigenvalue weighted by Gasteiger charge is -2.20. The smallest absolute Gasteiger partial charge is 0.479 e. The quantitative estimate of drug-likeness (QED) is 0.00610. The number of aliphatic hydroxyl groups excluding tert-OH is 3. The molecule has 0 aliphatic carbocycles. The summed E-state index contributed by atoms with van der Waals surface area (Å²) in [6.45, 7) is 8.18. The summed E-state index contributed by atoms with van der Waals surface area (Å²) >= 11 is 36.2. The van der Waals surface area contributed by atoms with Crippen LogP contribution in [-0.4, -0.2) is 158 Å². The molecule has 0 aliphatic rings. The van der Waals surface area contributed by atoms with E-state index in [1.54, 1.807) is 44.2 Å². The van der Waals surface area contributed by atoms with Gasteiger partial charge in [0.2, 0.25) is 0 Å². The van der Waals surface area contributed by atoms with Crippen molar-refractivity contribution >= 4 is 160 Å². The van der Waals surface area contributed by atoms with Crippen LogP contribution < -0.4 is 5.46 Å². The third-order valence-electron chi connectivity index (χ3n) is 20.5. The number of carbonyl (C=O) groups is 8. The predicted octanol–water partition coefficient (Wildman–Crippen LogP) is 22.8. The van der Waals surface area contributed by atoms with Gasteiger partial charge in [0.05, 0.1) is 0 Å². The van der Waals surface area contributed by atoms with E-state index in [1.165, 1.54) is 25.5 Å². The largest absolute Gasteiger partial charge is 0.523 e. The van der Waals surface area contributed by atoms with Crippen LogP contribution in [0.2, 0.25) is 25.1 Å². The molecule has 13 rings (SSSR count).